The van der Waals surface area contributed by atoms with Gasteiger partial charge in [0.1, 0.15) is 12.4 Å². The second-order valence-corrected chi connectivity index (χ2v) is 5.98. The third-order valence-electron chi connectivity index (χ3n) is 3.44. The Hall–Kier alpha value is -2.53. The van der Waals surface area contributed by atoms with Gasteiger partial charge in [-0.2, -0.15) is 0 Å². The monoisotopic (exact) mass is 361 g/mol. The molecule has 0 aliphatic rings. The molecule has 0 aliphatic heterocycles. The van der Waals surface area contributed by atoms with Crippen LogP contribution < -0.4 is 10.1 Å². The van der Waals surface area contributed by atoms with Gasteiger partial charge < -0.3 is 14.8 Å². The molecule has 0 atom stereocenters. The van der Waals surface area contributed by atoms with Gasteiger partial charge in [-0.25, -0.2) is 4.79 Å². The molecule has 132 valence electrons. The predicted octanol–water partition coefficient (Wildman–Crippen LogP) is 3.31. The molecule has 0 heterocycles. The van der Waals surface area contributed by atoms with Crippen molar-refractivity contribution in [1.82, 2.24) is 5.32 Å². The average Bonchev–Trinajstić information content (AvgIpc) is 2.58. The molecule has 2 rings (SSSR count). The molecule has 1 amide bonds. The summed E-state index contributed by atoms with van der Waals surface area (Å²) >= 11 is 5.78. The maximum Gasteiger partial charge on any atom is 0.338 e. The van der Waals surface area contributed by atoms with Gasteiger partial charge in [0, 0.05) is 5.02 Å². The lowest BCUT2D eigenvalue weighted by Gasteiger charge is -2.09. The van der Waals surface area contributed by atoms with Crippen molar-refractivity contribution in [1.29, 1.82) is 0 Å². The Morgan fingerprint density at radius 3 is 2.48 bits per heavy atom. The molecule has 0 aromatic heterocycles. The summed E-state index contributed by atoms with van der Waals surface area (Å²) in [5.74, 6) is -0.220. The van der Waals surface area contributed by atoms with Crippen molar-refractivity contribution in [2.75, 3.05) is 19.8 Å². The molecule has 6 heteroatoms. The van der Waals surface area contributed by atoms with Gasteiger partial charge in [0.15, 0.2) is 6.61 Å². The smallest absolute Gasteiger partial charge is 0.338 e. The number of amides is 1. The molecule has 0 saturated carbocycles. The first-order valence-corrected chi connectivity index (χ1v) is 8.23. The number of benzene rings is 2. The van der Waals surface area contributed by atoms with Crippen LogP contribution in [0.1, 0.15) is 21.5 Å². The van der Waals surface area contributed by atoms with Crippen LogP contribution in [0.25, 0.3) is 0 Å². The number of hydrogen-bond acceptors (Lipinski definition) is 4. The van der Waals surface area contributed by atoms with Crippen molar-refractivity contribution >= 4 is 23.5 Å². The van der Waals surface area contributed by atoms with E-state index in [0.717, 1.165) is 11.1 Å². The molecule has 0 unspecified atom stereocenters. The van der Waals surface area contributed by atoms with Gasteiger partial charge in [0.05, 0.1) is 12.1 Å². The fourth-order valence-electron chi connectivity index (χ4n) is 2.19. The highest BCUT2D eigenvalue weighted by Crippen LogP contribution is 2.15. The molecule has 0 fully saturated rings. The molecule has 2 aromatic carbocycles. The second kappa shape index (κ2) is 9.08. The van der Waals surface area contributed by atoms with Crippen LogP contribution in [-0.4, -0.2) is 31.6 Å². The van der Waals surface area contributed by atoms with Gasteiger partial charge in [0.2, 0.25) is 0 Å². The standard InChI is InChI=1S/C19H20ClNO4/c1-13-3-8-17(14(2)11-13)19(23)25-12-18(22)21-9-10-24-16-6-4-15(20)5-7-16/h3-8,11H,9-10,12H2,1-2H3,(H,21,22). The fourth-order valence-corrected chi connectivity index (χ4v) is 2.32. The van der Waals surface area contributed by atoms with Crippen LogP contribution in [0, 0.1) is 13.8 Å². The summed E-state index contributed by atoms with van der Waals surface area (Å²) in [7, 11) is 0. The molecule has 0 bridgehead atoms. The Morgan fingerprint density at radius 1 is 1.08 bits per heavy atom. The normalized spacial score (nSPS) is 10.2. The van der Waals surface area contributed by atoms with Gasteiger partial charge in [-0.05, 0) is 49.7 Å². The van der Waals surface area contributed by atoms with E-state index in [1.54, 1.807) is 30.3 Å². The van der Waals surface area contributed by atoms with Crippen molar-refractivity contribution in [3.63, 3.8) is 0 Å². The van der Waals surface area contributed by atoms with E-state index in [4.69, 9.17) is 21.1 Å². The van der Waals surface area contributed by atoms with Gasteiger partial charge in [-0.3, -0.25) is 4.79 Å². The Balaban J connectivity index is 1.68. The van der Waals surface area contributed by atoms with E-state index in [2.05, 4.69) is 5.32 Å². The van der Waals surface area contributed by atoms with Gasteiger partial charge in [0.25, 0.3) is 5.91 Å². The zero-order valence-corrected chi connectivity index (χ0v) is 14.9. The van der Waals surface area contributed by atoms with E-state index in [0.29, 0.717) is 29.5 Å². The highest BCUT2D eigenvalue weighted by molar-refractivity contribution is 6.30. The minimum Gasteiger partial charge on any atom is -0.492 e. The van der Waals surface area contributed by atoms with E-state index in [1.807, 2.05) is 26.0 Å². The summed E-state index contributed by atoms with van der Waals surface area (Å²) in [6, 6.07) is 12.4. The van der Waals surface area contributed by atoms with Crippen molar-refractivity contribution in [3.05, 3.63) is 64.2 Å². The topological polar surface area (TPSA) is 64.6 Å². The van der Waals surface area contributed by atoms with Crippen LogP contribution in [0.2, 0.25) is 5.02 Å². The highest BCUT2D eigenvalue weighted by atomic mass is 35.5. The summed E-state index contributed by atoms with van der Waals surface area (Å²) < 4.78 is 10.5. The summed E-state index contributed by atoms with van der Waals surface area (Å²) in [4.78, 5) is 23.7. The number of aryl methyl sites for hydroxylation is 2. The SMILES string of the molecule is Cc1ccc(C(=O)OCC(=O)NCCOc2ccc(Cl)cc2)c(C)c1. The molecule has 0 spiro atoms. The number of ether oxygens (including phenoxy) is 2. The van der Waals surface area contributed by atoms with E-state index in [1.165, 1.54) is 0 Å². The van der Waals surface area contributed by atoms with Crippen molar-refractivity contribution < 1.29 is 19.1 Å². The summed E-state index contributed by atoms with van der Waals surface area (Å²) in [6.45, 7) is 4.06. The first-order valence-electron chi connectivity index (χ1n) is 7.85. The van der Waals surface area contributed by atoms with Gasteiger partial charge >= 0.3 is 5.97 Å². The highest BCUT2D eigenvalue weighted by Gasteiger charge is 2.12. The molecule has 0 aliphatic carbocycles. The van der Waals surface area contributed by atoms with E-state index in [-0.39, 0.29) is 12.5 Å². The van der Waals surface area contributed by atoms with E-state index in [9.17, 15) is 9.59 Å². The number of carbonyl (C=O) groups is 2. The fraction of sp³-hybridized carbons (Fsp3) is 0.263. The molecule has 2 aromatic rings. The molecule has 25 heavy (non-hydrogen) atoms. The predicted molar refractivity (Wildman–Crippen MR) is 96.2 cm³/mol. The average molecular weight is 362 g/mol. The van der Waals surface area contributed by atoms with Gasteiger partial charge in [-0.15, -0.1) is 0 Å². The molecule has 0 saturated heterocycles. The third-order valence-corrected chi connectivity index (χ3v) is 3.69. The number of carbonyl (C=O) groups excluding carboxylic acids is 2. The lowest BCUT2D eigenvalue weighted by atomic mass is 10.1. The quantitative estimate of drug-likeness (QED) is 0.607. The Kier molecular flexibility index (Phi) is 6.83. The van der Waals surface area contributed by atoms with Crippen molar-refractivity contribution in [3.8, 4) is 5.75 Å². The molecule has 5 nitrogen and oxygen atoms in total. The number of halogens is 1. The maximum atomic E-state index is 12.0. The van der Waals surface area contributed by atoms with Crippen molar-refractivity contribution in [2.45, 2.75) is 13.8 Å². The van der Waals surface area contributed by atoms with Crippen LogP contribution in [0.5, 0.6) is 5.75 Å². The minimum atomic E-state index is -0.509. The van der Waals surface area contributed by atoms with Crippen LogP contribution in [0.15, 0.2) is 42.5 Å². The van der Waals surface area contributed by atoms with Crippen LogP contribution in [-0.2, 0) is 9.53 Å². The second-order valence-electron chi connectivity index (χ2n) is 5.55. The van der Waals surface area contributed by atoms with Crippen LogP contribution in [0.4, 0.5) is 0 Å². The molecule has 0 radical (unpaired) electrons. The van der Waals surface area contributed by atoms with Crippen molar-refractivity contribution in [2.24, 2.45) is 0 Å². The Labute approximate surface area is 151 Å². The number of hydrogen-bond donors (Lipinski definition) is 1. The Morgan fingerprint density at radius 2 is 1.80 bits per heavy atom. The first-order chi connectivity index (χ1) is 12.0. The van der Waals surface area contributed by atoms with Gasteiger partial charge in [-0.1, -0.05) is 29.3 Å². The zero-order chi connectivity index (χ0) is 18.2. The van der Waals surface area contributed by atoms with Crippen LogP contribution in [0.3, 0.4) is 0 Å². The number of nitrogens with one attached hydrogen (secondary N) is 1. The largest absolute Gasteiger partial charge is 0.492 e. The molecular weight excluding hydrogens is 342 g/mol. The lowest BCUT2D eigenvalue weighted by molar-refractivity contribution is -0.124. The third kappa shape index (κ3) is 6.12. The first kappa shape index (κ1) is 18.8. The van der Waals surface area contributed by atoms with E-state index < -0.39 is 5.97 Å². The number of esters is 1. The molecular formula is C19H20ClNO4. The summed E-state index contributed by atoms with van der Waals surface area (Å²) in [6.07, 6.45) is 0. The summed E-state index contributed by atoms with van der Waals surface area (Å²) in [5.41, 5.74) is 2.35. The lowest BCUT2D eigenvalue weighted by Crippen LogP contribution is -2.32. The minimum absolute atomic E-state index is 0.304. The van der Waals surface area contributed by atoms with E-state index >= 15 is 0 Å². The zero-order valence-electron chi connectivity index (χ0n) is 14.2. The Bertz CT molecular complexity index is 744. The molecule has 1 N–H and O–H groups in total. The summed E-state index contributed by atoms with van der Waals surface area (Å²) in [5, 5.41) is 3.26. The van der Waals surface area contributed by atoms with Crippen LogP contribution >= 0.6 is 11.6 Å². The maximum absolute atomic E-state index is 12.0. The number of rotatable bonds is 7.